The van der Waals surface area contributed by atoms with Gasteiger partial charge in [0.05, 0.1) is 11.8 Å². The molecule has 2 unspecified atom stereocenters. The van der Waals surface area contributed by atoms with Crippen molar-refractivity contribution in [2.45, 2.75) is 26.2 Å². The van der Waals surface area contributed by atoms with Crippen molar-refractivity contribution in [2.75, 3.05) is 0 Å². The number of carbonyl (C=O) groups excluding carboxylic acids is 3. The summed E-state index contributed by atoms with van der Waals surface area (Å²) in [6, 6.07) is 0. The Kier molecular flexibility index (Phi) is 1.87. The molecule has 2 amide bonds. The lowest BCUT2D eigenvalue weighted by atomic mass is 9.81. The van der Waals surface area contributed by atoms with Crippen LogP contribution in [0, 0.1) is 23.7 Å². The molecule has 3 aliphatic rings. The van der Waals surface area contributed by atoms with Gasteiger partial charge in [0.2, 0.25) is 0 Å². The van der Waals surface area contributed by atoms with E-state index in [9.17, 15) is 14.4 Å². The Morgan fingerprint density at radius 1 is 1.19 bits per heavy atom. The lowest BCUT2D eigenvalue weighted by Crippen LogP contribution is -2.34. The second kappa shape index (κ2) is 3.06. The molecule has 0 radical (unpaired) electrons. The predicted molar refractivity (Wildman–Crippen MR) is 51.4 cm³/mol. The molecular weight excluding hydrogens is 210 g/mol. The molecule has 2 bridgehead atoms. The lowest BCUT2D eigenvalue weighted by Gasteiger charge is -2.18. The van der Waals surface area contributed by atoms with Crippen LogP contribution in [0.5, 0.6) is 0 Å². The summed E-state index contributed by atoms with van der Waals surface area (Å²) in [5.74, 6) is -1.01. The molecule has 1 saturated heterocycles. The zero-order valence-corrected chi connectivity index (χ0v) is 9.01. The summed E-state index contributed by atoms with van der Waals surface area (Å²) in [7, 11) is 0. The van der Waals surface area contributed by atoms with E-state index in [1.807, 2.05) is 0 Å². The SMILES string of the molecule is CC(=O)ON1C(=O)[C@@H]2C3CCC(C3)[C@@H]2C1=O. The first-order valence-corrected chi connectivity index (χ1v) is 5.66. The highest BCUT2D eigenvalue weighted by atomic mass is 16.7. The Morgan fingerprint density at radius 2 is 1.69 bits per heavy atom. The molecule has 1 aliphatic heterocycles. The number of fused-ring (bicyclic) bond motifs is 5. The fraction of sp³-hybridized carbons (Fsp3) is 0.727. The van der Waals surface area contributed by atoms with Crippen LogP contribution in [0.15, 0.2) is 0 Å². The number of nitrogens with zero attached hydrogens (tertiary/aromatic N) is 1. The minimum Gasteiger partial charge on any atom is -0.331 e. The summed E-state index contributed by atoms with van der Waals surface area (Å²) in [5, 5.41) is 0.697. The average molecular weight is 223 g/mol. The third kappa shape index (κ3) is 1.08. The van der Waals surface area contributed by atoms with Crippen LogP contribution in [0.3, 0.4) is 0 Å². The number of hydrogen-bond acceptors (Lipinski definition) is 4. The molecular formula is C11H13NO4. The largest absolute Gasteiger partial charge is 0.331 e. The first kappa shape index (κ1) is 9.81. The molecule has 0 aromatic rings. The molecule has 0 spiro atoms. The van der Waals surface area contributed by atoms with Gasteiger partial charge in [0, 0.05) is 6.92 Å². The van der Waals surface area contributed by atoms with E-state index in [0.29, 0.717) is 16.9 Å². The van der Waals surface area contributed by atoms with Gasteiger partial charge in [-0.1, -0.05) is 0 Å². The van der Waals surface area contributed by atoms with Crippen LogP contribution in [-0.4, -0.2) is 22.8 Å². The highest BCUT2D eigenvalue weighted by Crippen LogP contribution is 2.56. The molecule has 5 nitrogen and oxygen atoms in total. The van der Waals surface area contributed by atoms with Gasteiger partial charge in [0.25, 0.3) is 11.8 Å². The smallest absolute Gasteiger partial charge is 0.330 e. The number of imide groups is 1. The molecule has 0 N–H and O–H groups in total. The number of hydrogen-bond donors (Lipinski definition) is 0. The van der Waals surface area contributed by atoms with Gasteiger partial charge in [-0.15, -0.1) is 5.06 Å². The fourth-order valence-electron chi connectivity index (χ4n) is 3.60. The zero-order chi connectivity index (χ0) is 11.4. The van der Waals surface area contributed by atoms with Crippen LogP contribution < -0.4 is 0 Å². The second-order valence-corrected chi connectivity index (χ2v) is 4.94. The van der Waals surface area contributed by atoms with Crippen molar-refractivity contribution in [3.8, 4) is 0 Å². The minimum absolute atomic E-state index is 0.217. The van der Waals surface area contributed by atoms with Gasteiger partial charge in [0.1, 0.15) is 0 Å². The van der Waals surface area contributed by atoms with Gasteiger partial charge >= 0.3 is 5.97 Å². The van der Waals surface area contributed by atoms with Crippen molar-refractivity contribution in [1.82, 2.24) is 5.06 Å². The summed E-state index contributed by atoms with van der Waals surface area (Å²) in [6.07, 6.45) is 3.04. The zero-order valence-electron chi connectivity index (χ0n) is 9.01. The highest BCUT2D eigenvalue weighted by molar-refractivity contribution is 6.05. The standard InChI is InChI=1S/C11H13NO4/c1-5(13)16-12-10(14)8-6-2-3-7(4-6)9(8)11(12)15/h6-9H,2-4H2,1H3/t6?,7?,8-,9+. The summed E-state index contributed by atoms with van der Waals surface area (Å²) >= 11 is 0. The molecule has 5 heteroatoms. The Balaban J connectivity index is 1.89. The monoisotopic (exact) mass is 223 g/mol. The number of carbonyl (C=O) groups is 3. The number of hydroxylamine groups is 2. The maximum atomic E-state index is 12.0. The molecule has 2 saturated carbocycles. The number of amides is 2. The van der Waals surface area contributed by atoms with Crippen LogP contribution >= 0.6 is 0 Å². The normalized spacial score (nSPS) is 40.4. The molecule has 2 aliphatic carbocycles. The lowest BCUT2D eigenvalue weighted by molar-refractivity contribution is -0.197. The van der Waals surface area contributed by atoms with Crippen molar-refractivity contribution in [2.24, 2.45) is 23.7 Å². The van der Waals surface area contributed by atoms with E-state index in [2.05, 4.69) is 0 Å². The van der Waals surface area contributed by atoms with E-state index in [1.54, 1.807) is 0 Å². The molecule has 4 atom stereocenters. The Bertz CT molecular complexity index is 363. The van der Waals surface area contributed by atoms with Gasteiger partial charge in [-0.2, -0.15) is 0 Å². The van der Waals surface area contributed by atoms with Crippen molar-refractivity contribution in [1.29, 1.82) is 0 Å². The van der Waals surface area contributed by atoms with Crippen molar-refractivity contribution in [3.05, 3.63) is 0 Å². The van der Waals surface area contributed by atoms with E-state index in [-0.39, 0.29) is 23.7 Å². The van der Waals surface area contributed by atoms with E-state index in [4.69, 9.17) is 4.84 Å². The third-order valence-electron chi connectivity index (χ3n) is 4.11. The summed E-state index contributed by atoms with van der Waals surface area (Å²) in [5.41, 5.74) is 0. The first-order valence-electron chi connectivity index (χ1n) is 5.66. The van der Waals surface area contributed by atoms with E-state index in [0.717, 1.165) is 19.3 Å². The maximum absolute atomic E-state index is 12.0. The number of rotatable bonds is 1. The molecule has 3 rings (SSSR count). The van der Waals surface area contributed by atoms with Gasteiger partial charge in [0.15, 0.2) is 0 Å². The van der Waals surface area contributed by atoms with E-state index >= 15 is 0 Å². The minimum atomic E-state index is -0.617. The molecule has 86 valence electrons. The Hall–Kier alpha value is -1.39. The first-order chi connectivity index (χ1) is 7.59. The second-order valence-electron chi connectivity index (χ2n) is 4.94. The molecule has 3 fully saturated rings. The molecule has 0 aromatic heterocycles. The Morgan fingerprint density at radius 3 is 2.12 bits per heavy atom. The highest BCUT2D eigenvalue weighted by Gasteiger charge is 2.62. The van der Waals surface area contributed by atoms with Gasteiger partial charge < -0.3 is 4.84 Å². The summed E-state index contributed by atoms with van der Waals surface area (Å²) < 4.78 is 0. The average Bonchev–Trinajstić information content (AvgIpc) is 2.87. The van der Waals surface area contributed by atoms with Crippen LogP contribution in [0.1, 0.15) is 26.2 Å². The van der Waals surface area contributed by atoms with Crippen molar-refractivity contribution >= 4 is 17.8 Å². The van der Waals surface area contributed by atoms with Gasteiger partial charge in [-0.05, 0) is 31.1 Å². The third-order valence-corrected chi connectivity index (χ3v) is 4.11. The maximum Gasteiger partial charge on any atom is 0.330 e. The predicted octanol–water partition coefficient (Wildman–Crippen LogP) is 0.496. The van der Waals surface area contributed by atoms with E-state index < -0.39 is 5.97 Å². The van der Waals surface area contributed by atoms with Crippen LogP contribution in [0.4, 0.5) is 0 Å². The summed E-state index contributed by atoms with van der Waals surface area (Å²) in [6.45, 7) is 1.20. The topological polar surface area (TPSA) is 63.7 Å². The van der Waals surface area contributed by atoms with Crippen LogP contribution in [0.2, 0.25) is 0 Å². The Labute approximate surface area is 92.7 Å². The quantitative estimate of drug-likeness (QED) is 0.607. The summed E-state index contributed by atoms with van der Waals surface area (Å²) in [4.78, 5) is 39.4. The molecule has 16 heavy (non-hydrogen) atoms. The molecule has 1 heterocycles. The van der Waals surface area contributed by atoms with E-state index in [1.165, 1.54) is 6.92 Å². The fourth-order valence-corrected chi connectivity index (χ4v) is 3.60. The van der Waals surface area contributed by atoms with Crippen molar-refractivity contribution in [3.63, 3.8) is 0 Å². The molecule has 0 aromatic carbocycles. The van der Waals surface area contributed by atoms with Gasteiger partial charge in [-0.3, -0.25) is 9.59 Å². The van der Waals surface area contributed by atoms with Crippen molar-refractivity contribution < 1.29 is 19.2 Å². The van der Waals surface area contributed by atoms with Crippen LogP contribution in [-0.2, 0) is 19.2 Å². The van der Waals surface area contributed by atoms with Gasteiger partial charge in [-0.25, -0.2) is 4.79 Å². The van der Waals surface area contributed by atoms with Crippen LogP contribution in [0.25, 0.3) is 0 Å².